The monoisotopic (exact) mass is 377 g/mol. The van der Waals surface area contributed by atoms with Crippen molar-refractivity contribution in [2.45, 2.75) is 0 Å². The number of amides is 1. The van der Waals surface area contributed by atoms with E-state index in [-0.39, 0.29) is 23.0 Å². The van der Waals surface area contributed by atoms with Gasteiger partial charge in [0, 0.05) is 17.8 Å². The first-order valence-corrected chi connectivity index (χ1v) is 8.18. The fraction of sp³-hybridized carbons (Fsp3) is 0. The highest BCUT2D eigenvalue weighted by Crippen LogP contribution is 2.26. The third-order valence-corrected chi connectivity index (χ3v) is 4.07. The Morgan fingerprint density at radius 2 is 2.00 bits per heavy atom. The molecule has 2 aromatic carbocycles. The molecule has 0 saturated heterocycles. The van der Waals surface area contributed by atoms with Gasteiger partial charge in [-0.05, 0) is 36.4 Å². The van der Waals surface area contributed by atoms with Crippen molar-refractivity contribution in [2.75, 3.05) is 5.32 Å². The van der Waals surface area contributed by atoms with Gasteiger partial charge in [0.05, 0.1) is 27.6 Å². The zero-order valence-electron chi connectivity index (χ0n) is 14.2. The molecule has 8 nitrogen and oxygen atoms in total. The minimum absolute atomic E-state index is 0.0984. The summed E-state index contributed by atoms with van der Waals surface area (Å²) in [6.45, 7) is 0. The minimum Gasteiger partial charge on any atom is -0.338 e. The van der Waals surface area contributed by atoms with Crippen LogP contribution >= 0.6 is 0 Å². The molecule has 0 saturated carbocycles. The van der Waals surface area contributed by atoms with Crippen LogP contribution in [0.25, 0.3) is 22.4 Å². The zero-order chi connectivity index (χ0) is 19.7. The number of non-ortho nitro benzene ring substituents is 1. The first-order valence-electron chi connectivity index (χ1n) is 8.18. The van der Waals surface area contributed by atoms with Crippen LogP contribution in [0, 0.1) is 15.9 Å². The summed E-state index contributed by atoms with van der Waals surface area (Å²) in [5.41, 5.74) is 1.19. The third-order valence-electron chi connectivity index (χ3n) is 4.07. The number of nitro groups is 1. The van der Waals surface area contributed by atoms with Crippen molar-refractivity contribution in [1.82, 2.24) is 15.0 Å². The van der Waals surface area contributed by atoms with Gasteiger partial charge in [-0.15, -0.1) is 0 Å². The number of carbonyl (C=O) groups excluding carboxylic acids is 1. The standard InChI is InChI=1S/C19H12FN5O3/c20-14-10-12(25(27)28)5-6-13(14)18-22-15-7-4-11(9-16(15)23-18)19(26)24-17-3-1-2-8-21-17/h1-10H,(H,22,23)(H,21,24,26). The maximum Gasteiger partial charge on any atom is 0.272 e. The maximum atomic E-state index is 14.2. The number of nitrogens with zero attached hydrogens (tertiary/aromatic N) is 3. The van der Waals surface area contributed by atoms with Crippen LogP contribution in [-0.4, -0.2) is 25.8 Å². The quantitative estimate of drug-likeness (QED) is 0.413. The lowest BCUT2D eigenvalue weighted by Crippen LogP contribution is -2.12. The number of hydrogen-bond donors (Lipinski definition) is 2. The van der Waals surface area contributed by atoms with Crippen LogP contribution < -0.4 is 5.32 Å². The summed E-state index contributed by atoms with van der Waals surface area (Å²) in [5, 5.41) is 13.4. The van der Waals surface area contributed by atoms with Crippen LogP contribution in [0.15, 0.2) is 60.8 Å². The van der Waals surface area contributed by atoms with Crippen LogP contribution in [0.1, 0.15) is 10.4 Å². The molecule has 0 atom stereocenters. The number of aromatic nitrogens is 3. The first-order chi connectivity index (χ1) is 13.5. The van der Waals surface area contributed by atoms with E-state index in [0.717, 1.165) is 6.07 Å². The van der Waals surface area contributed by atoms with Crippen molar-refractivity contribution in [2.24, 2.45) is 0 Å². The van der Waals surface area contributed by atoms with Gasteiger partial charge in [-0.2, -0.15) is 0 Å². The van der Waals surface area contributed by atoms with Gasteiger partial charge in [-0.3, -0.25) is 14.9 Å². The fourth-order valence-corrected chi connectivity index (χ4v) is 2.71. The molecule has 1 amide bonds. The summed E-state index contributed by atoms with van der Waals surface area (Å²) in [6.07, 6.45) is 1.57. The molecule has 4 rings (SSSR count). The molecule has 4 aromatic rings. The number of rotatable bonds is 4. The molecule has 0 radical (unpaired) electrons. The van der Waals surface area contributed by atoms with Gasteiger partial charge < -0.3 is 10.3 Å². The van der Waals surface area contributed by atoms with E-state index in [4.69, 9.17) is 0 Å². The van der Waals surface area contributed by atoms with Gasteiger partial charge in [0.15, 0.2) is 0 Å². The topological polar surface area (TPSA) is 114 Å². The minimum atomic E-state index is -0.763. The Morgan fingerprint density at radius 1 is 1.14 bits per heavy atom. The highest BCUT2D eigenvalue weighted by atomic mass is 19.1. The number of fused-ring (bicyclic) bond motifs is 1. The fourth-order valence-electron chi connectivity index (χ4n) is 2.71. The second-order valence-electron chi connectivity index (χ2n) is 5.91. The normalized spacial score (nSPS) is 10.8. The predicted molar refractivity (Wildman–Crippen MR) is 100 cm³/mol. The van der Waals surface area contributed by atoms with Crippen molar-refractivity contribution >= 4 is 28.4 Å². The molecule has 28 heavy (non-hydrogen) atoms. The van der Waals surface area contributed by atoms with Crippen LogP contribution in [-0.2, 0) is 0 Å². The maximum absolute atomic E-state index is 14.2. The molecule has 0 spiro atoms. The summed E-state index contributed by atoms with van der Waals surface area (Å²) in [4.78, 5) is 33.7. The second-order valence-corrected chi connectivity index (χ2v) is 5.91. The lowest BCUT2D eigenvalue weighted by Gasteiger charge is -2.03. The number of aromatic amines is 1. The van der Waals surface area contributed by atoms with Crippen molar-refractivity contribution in [3.05, 3.63) is 82.3 Å². The molecule has 0 fully saturated rings. The van der Waals surface area contributed by atoms with Crippen molar-refractivity contribution in [1.29, 1.82) is 0 Å². The Morgan fingerprint density at radius 3 is 2.71 bits per heavy atom. The molecule has 0 aliphatic rings. The number of nitro benzene ring substituents is 1. The molecule has 138 valence electrons. The molecular weight excluding hydrogens is 365 g/mol. The molecule has 2 heterocycles. The van der Waals surface area contributed by atoms with E-state index in [2.05, 4.69) is 20.3 Å². The molecule has 0 unspecified atom stereocenters. The number of carbonyl (C=O) groups is 1. The number of nitrogens with one attached hydrogen (secondary N) is 2. The van der Waals surface area contributed by atoms with Gasteiger partial charge in [0.1, 0.15) is 17.5 Å². The van der Waals surface area contributed by atoms with Gasteiger partial charge >= 0.3 is 0 Å². The highest BCUT2D eigenvalue weighted by molar-refractivity contribution is 6.05. The average Bonchev–Trinajstić information content (AvgIpc) is 3.11. The van der Waals surface area contributed by atoms with Crippen LogP contribution in [0.3, 0.4) is 0 Å². The lowest BCUT2D eigenvalue weighted by atomic mass is 10.2. The molecule has 0 bridgehead atoms. The van der Waals surface area contributed by atoms with E-state index >= 15 is 0 Å². The van der Waals surface area contributed by atoms with Crippen LogP contribution in [0.2, 0.25) is 0 Å². The van der Waals surface area contributed by atoms with Gasteiger partial charge in [-0.1, -0.05) is 6.07 Å². The largest absolute Gasteiger partial charge is 0.338 e. The highest BCUT2D eigenvalue weighted by Gasteiger charge is 2.16. The van der Waals surface area contributed by atoms with E-state index in [1.807, 2.05) is 0 Å². The Bertz CT molecular complexity index is 1210. The van der Waals surface area contributed by atoms with Gasteiger partial charge in [0.25, 0.3) is 11.6 Å². The number of imidazole rings is 1. The third kappa shape index (κ3) is 3.28. The number of benzene rings is 2. The summed E-state index contributed by atoms with van der Waals surface area (Å²) in [6, 6.07) is 13.3. The second kappa shape index (κ2) is 6.88. The van der Waals surface area contributed by atoms with Crippen LogP contribution in [0.4, 0.5) is 15.9 Å². The molecule has 2 N–H and O–H groups in total. The van der Waals surface area contributed by atoms with Gasteiger partial charge in [-0.25, -0.2) is 14.4 Å². The number of pyridine rings is 1. The number of halogens is 1. The van der Waals surface area contributed by atoms with Crippen molar-refractivity contribution < 1.29 is 14.1 Å². The number of anilines is 1. The first kappa shape index (κ1) is 17.3. The summed E-state index contributed by atoms with van der Waals surface area (Å²) in [5.74, 6) is -0.477. The molecule has 0 aliphatic heterocycles. The summed E-state index contributed by atoms with van der Waals surface area (Å²) >= 11 is 0. The number of hydrogen-bond acceptors (Lipinski definition) is 5. The average molecular weight is 377 g/mol. The van der Waals surface area contributed by atoms with Gasteiger partial charge in [0.2, 0.25) is 0 Å². The predicted octanol–water partition coefficient (Wildman–Crippen LogP) is 3.92. The molecular formula is C19H12FN5O3. The van der Waals surface area contributed by atoms with Crippen LogP contribution in [0.5, 0.6) is 0 Å². The van der Waals surface area contributed by atoms with Crippen molar-refractivity contribution in [3.63, 3.8) is 0 Å². The summed E-state index contributed by atoms with van der Waals surface area (Å²) < 4.78 is 14.2. The SMILES string of the molecule is O=C(Nc1ccccn1)c1ccc2nc(-c3ccc([N+](=O)[O-])cc3F)[nH]c2c1. The van der Waals surface area contributed by atoms with E-state index in [0.29, 0.717) is 22.4 Å². The number of H-pyrrole nitrogens is 1. The summed E-state index contributed by atoms with van der Waals surface area (Å²) in [7, 11) is 0. The van der Waals surface area contributed by atoms with E-state index in [1.165, 1.54) is 12.1 Å². The zero-order valence-corrected chi connectivity index (χ0v) is 14.2. The Balaban J connectivity index is 1.65. The van der Waals surface area contributed by atoms with Crippen molar-refractivity contribution in [3.8, 4) is 11.4 Å². The van der Waals surface area contributed by atoms with E-state index < -0.39 is 10.7 Å². The Hall–Kier alpha value is -4.14. The van der Waals surface area contributed by atoms with E-state index in [1.54, 1.807) is 42.6 Å². The molecule has 9 heteroatoms. The molecule has 0 aliphatic carbocycles. The van der Waals surface area contributed by atoms with E-state index in [9.17, 15) is 19.3 Å². The lowest BCUT2D eigenvalue weighted by molar-refractivity contribution is -0.385. The smallest absolute Gasteiger partial charge is 0.272 e. The molecule has 2 aromatic heterocycles. The Kier molecular flexibility index (Phi) is 4.24. The Labute approximate surface area is 157 Å².